The third-order valence-electron chi connectivity index (χ3n) is 5.13. The van der Waals surface area contributed by atoms with Gasteiger partial charge in [0.15, 0.2) is 0 Å². The zero-order chi connectivity index (χ0) is 18.8. The van der Waals surface area contributed by atoms with Gasteiger partial charge < -0.3 is 15.0 Å². The highest BCUT2D eigenvalue weighted by Gasteiger charge is 2.34. The van der Waals surface area contributed by atoms with Gasteiger partial charge in [0.1, 0.15) is 0 Å². The zero-order valence-electron chi connectivity index (χ0n) is 15.2. The lowest BCUT2D eigenvalue weighted by Crippen LogP contribution is -2.40. The topological polar surface area (TPSA) is 85.0 Å². The molecule has 1 unspecified atom stereocenters. The Morgan fingerprint density at radius 3 is 2.93 bits per heavy atom. The van der Waals surface area contributed by atoms with Crippen LogP contribution in [0.5, 0.6) is 0 Å². The van der Waals surface area contributed by atoms with Gasteiger partial charge in [-0.05, 0) is 43.9 Å². The predicted octanol–water partition coefficient (Wildman–Crippen LogP) is 1.95. The van der Waals surface area contributed by atoms with Crippen molar-refractivity contribution in [3.05, 3.63) is 66.5 Å². The predicted molar refractivity (Wildman–Crippen MR) is 101 cm³/mol. The van der Waals surface area contributed by atoms with Crippen LogP contribution in [0.3, 0.4) is 0 Å². The van der Waals surface area contributed by atoms with Crippen LogP contribution in [0.2, 0.25) is 0 Å². The molecule has 1 aromatic carbocycles. The van der Waals surface area contributed by atoms with Crippen molar-refractivity contribution in [2.24, 2.45) is 5.92 Å². The smallest absolute Gasteiger partial charge is 0.253 e. The van der Waals surface area contributed by atoms with E-state index in [9.17, 15) is 9.90 Å². The van der Waals surface area contributed by atoms with E-state index in [1.54, 1.807) is 18.7 Å². The van der Waals surface area contributed by atoms with Crippen LogP contribution >= 0.6 is 0 Å². The summed E-state index contributed by atoms with van der Waals surface area (Å²) < 4.78 is 3.69. The highest BCUT2D eigenvalue weighted by Crippen LogP contribution is 2.28. The number of aromatic nitrogens is 4. The fourth-order valence-electron chi connectivity index (χ4n) is 3.80. The number of hydrogen-bond donors (Lipinski definition) is 2. The molecule has 7 heteroatoms. The van der Waals surface area contributed by atoms with Crippen LogP contribution in [-0.2, 0) is 6.54 Å². The lowest BCUT2D eigenvalue weighted by molar-refractivity contribution is 0.0872. The van der Waals surface area contributed by atoms with Crippen molar-refractivity contribution in [2.45, 2.75) is 38.5 Å². The van der Waals surface area contributed by atoms with Crippen LogP contribution in [0.1, 0.15) is 28.8 Å². The summed E-state index contributed by atoms with van der Waals surface area (Å²) >= 11 is 0. The lowest BCUT2D eigenvalue weighted by Gasteiger charge is -2.18. The van der Waals surface area contributed by atoms with E-state index in [-0.39, 0.29) is 17.9 Å². The molecule has 140 valence electrons. The van der Waals surface area contributed by atoms with Crippen molar-refractivity contribution in [3.63, 3.8) is 0 Å². The van der Waals surface area contributed by atoms with Gasteiger partial charge in [0, 0.05) is 31.3 Å². The Morgan fingerprint density at radius 1 is 1.30 bits per heavy atom. The largest absolute Gasteiger partial charge is 0.391 e. The van der Waals surface area contributed by atoms with Gasteiger partial charge in [-0.15, -0.1) is 0 Å². The fraction of sp³-hybridized carbons (Fsp3) is 0.350. The van der Waals surface area contributed by atoms with Crippen LogP contribution in [0.15, 0.2) is 55.4 Å². The molecule has 3 aromatic rings. The zero-order valence-corrected chi connectivity index (χ0v) is 15.2. The van der Waals surface area contributed by atoms with Crippen molar-refractivity contribution in [2.75, 3.05) is 0 Å². The summed E-state index contributed by atoms with van der Waals surface area (Å²) in [5.41, 5.74) is 2.36. The van der Waals surface area contributed by atoms with E-state index in [1.165, 1.54) is 0 Å². The van der Waals surface area contributed by atoms with Crippen molar-refractivity contribution in [3.8, 4) is 5.69 Å². The molecule has 1 amide bonds. The summed E-state index contributed by atoms with van der Waals surface area (Å²) in [6.07, 6.45) is 9.69. The van der Waals surface area contributed by atoms with Gasteiger partial charge >= 0.3 is 0 Å². The number of aliphatic hydroxyl groups excluding tert-OH is 1. The summed E-state index contributed by atoms with van der Waals surface area (Å²) in [6.45, 7) is 2.71. The van der Waals surface area contributed by atoms with Crippen LogP contribution in [0, 0.1) is 12.8 Å². The maximum absolute atomic E-state index is 13.0. The van der Waals surface area contributed by atoms with E-state index < -0.39 is 6.10 Å². The Morgan fingerprint density at radius 2 is 2.19 bits per heavy atom. The highest BCUT2D eigenvalue weighted by atomic mass is 16.3. The van der Waals surface area contributed by atoms with E-state index >= 15 is 0 Å². The molecule has 2 aromatic heterocycles. The monoisotopic (exact) mass is 365 g/mol. The Bertz CT molecular complexity index is 905. The van der Waals surface area contributed by atoms with Gasteiger partial charge in [-0.25, -0.2) is 4.98 Å². The molecule has 0 saturated heterocycles. The summed E-state index contributed by atoms with van der Waals surface area (Å²) in [6, 6.07) is 7.38. The second-order valence-electron chi connectivity index (χ2n) is 7.20. The standard InChI is InChI=1S/C20H23N5O2/c1-14-3-4-18(24-8-6-21-13-24)16(9-14)20(27)23-17-10-15(11-19(17)26)12-25-7-2-5-22-25/h2-9,13,15,17,19,26H,10-12H2,1H3,(H,23,27)/t15?,17-,19-/m1/s1. The molecule has 2 N–H and O–H groups in total. The molecule has 3 atom stereocenters. The maximum atomic E-state index is 13.0. The van der Waals surface area contributed by atoms with Crippen molar-refractivity contribution in [1.82, 2.24) is 24.6 Å². The van der Waals surface area contributed by atoms with Gasteiger partial charge in [0.05, 0.1) is 29.7 Å². The molecule has 1 aliphatic carbocycles. The molecular formula is C20H23N5O2. The fourth-order valence-corrected chi connectivity index (χ4v) is 3.80. The molecular weight excluding hydrogens is 342 g/mol. The first-order valence-electron chi connectivity index (χ1n) is 9.15. The minimum absolute atomic E-state index is 0.175. The summed E-state index contributed by atoms with van der Waals surface area (Å²) in [5.74, 6) is 0.113. The Hall–Kier alpha value is -2.93. The normalized spacial score (nSPS) is 22.1. The summed E-state index contributed by atoms with van der Waals surface area (Å²) in [4.78, 5) is 17.0. The molecule has 0 bridgehead atoms. The van der Waals surface area contributed by atoms with E-state index in [4.69, 9.17) is 0 Å². The molecule has 0 radical (unpaired) electrons. The number of amides is 1. The molecule has 1 saturated carbocycles. The number of carbonyl (C=O) groups is 1. The van der Waals surface area contributed by atoms with Crippen molar-refractivity contribution in [1.29, 1.82) is 0 Å². The average Bonchev–Trinajstić information content (AvgIpc) is 3.39. The van der Waals surface area contributed by atoms with Crippen molar-refractivity contribution < 1.29 is 9.90 Å². The van der Waals surface area contributed by atoms with Gasteiger partial charge in [-0.2, -0.15) is 5.10 Å². The second-order valence-corrected chi connectivity index (χ2v) is 7.20. The number of benzene rings is 1. The van der Waals surface area contributed by atoms with E-state index in [0.29, 0.717) is 12.0 Å². The van der Waals surface area contributed by atoms with Crippen LogP contribution in [0.25, 0.3) is 5.69 Å². The molecule has 0 spiro atoms. The lowest BCUT2D eigenvalue weighted by atomic mass is 10.1. The number of aryl methyl sites for hydroxylation is 1. The molecule has 0 aliphatic heterocycles. The maximum Gasteiger partial charge on any atom is 0.253 e. The first-order valence-corrected chi connectivity index (χ1v) is 9.15. The van der Waals surface area contributed by atoms with Gasteiger partial charge in [-0.1, -0.05) is 11.6 Å². The summed E-state index contributed by atoms with van der Waals surface area (Å²) in [5, 5.41) is 17.7. The number of aliphatic hydroxyl groups is 1. The van der Waals surface area contributed by atoms with E-state index in [2.05, 4.69) is 15.4 Å². The molecule has 2 heterocycles. The third kappa shape index (κ3) is 3.78. The van der Waals surface area contributed by atoms with Crippen LogP contribution < -0.4 is 5.32 Å². The molecule has 1 fully saturated rings. The third-order valence-corrected chi connectivity index (χ3v) is 5.13. The van der Waals surface area contributed by atoms with Gasteiger partial charge in [-0.3, -0.25) is 9.48 Å². The number of imidazole rings is 1. The minimum atomic E-state index is -0.545. The first-order chi connectivity index (χ1) is 13.1. The van der Waals surface area contributed by atoms with Crippen LogP contribution in [-0.4, -0.2) is 42.5 Å². The van der Waals surface area contributed by atoms with Gasteiger partial charge in [0.25, 0.3) is 5.91 Å². The number of hydrogen-bond acceptors (Lipinski definition) is 4. The Balaban J connectivity index is 1.49. The number of rotatable bonds is 5. The Kier molecular flexibility index (Phi) is 4.77. The number of nitrogens with zero attached hydrogens (tertiary/aromatic N) is 4. The van der Waals surface area contributed by atoms with E-state index in [1.807, 2.05) is 52.8 Å². The van der Waals surface area contributed by atoms with E-state index in [0.717, 1.165) is 24.2 Å². The quantitative estimate of drug-likeness (QED) is 0.724. The first kappa shape index (κ1) is 17.5. The van der Waals surface area contributed by atoms with Crippen molar-refractivity contribution >= 4 is 5.91 Å². The minimum Gasteiger partial charge on any atom is -0.391 e. The number of carbonyl (C=O) groups excluding carboxylic acids is 1. The molecule has 7 nitrogen and oxygen atoms in total. The average molecular weight is 365 g/mol. The SMILES string of the molecule is Cc1ccc(-n2ccnc2)c(C(=O)N[C@@H]2CC(Cn3cccn3)C[C@H]2O)c1. The Labute approximate surface area is 157 Å². The number of nitrogens with one attached hydrogen (secondary N) is 1. The molecule has 4 rings (SSSR count). The van der Waals surface area contributed by atoms with Crippen LogP contribution in [0.4, 0.5) is 0 Å². The molecule has 1 aliphatic rings. The van der Waals surface area contributed by atoms with Gasteiger partial charge in [0.2, 0.25) is 0 Å². The molecule has 27 heavy (non-hydrogen) atoms. The summed E-state index contributed by atoms with van der Waals surface area (Å²) in [7, 11) is 0. The second kappa shape index (κ2) is 7.36. The highest BCUT2D eigenvalue weighted by molar-refractivity contribution is 5.98.